The fourth-order valence-electron chi connectivity index (χ4n) is 1.65. The predicted octanol–water partition coefficient (Wildman–Crippen LogP) is 0.713. The van der Waals surface area contributed by atoms with Crippen LogP contribution in [0.1, 0.15) is 18.4 Å². The maximum absolute atomic E-state index is 5.83. The second-order valence-electron chi connectivity index (χ2n) is 3.88. The number of aryl methyl sites for hydroxylation is 1. The number of nitrogens with zero attached hydrogens (tertiary/aromatic N) is 3. The van der Waals surface area contributed by atoms with Gasteiger partial charge in [-0.15, -0.1) is 0 Å². The molecule has 0 aromatic carbocycles. The molecule has 0 bridgehead atoms. The summed E-state index contributed by atoms with van der Waals surface area (Å²) in [5, 5.41) is 0. The van der Waals surface area contributed by atoms with Crippen LogP contribution in [0.4, 0.5) is 5.95 Å². The average molecular weight is 192 g/mol. The summed E-state index contributed by atoms with van der Waals surface area (Å²) in [5.74, 6) is 0.836. The van der Waals surface area contributed by atoms with E-state index in [2.05, 4.69) is 14.9 Å². The lowest BCUT2D eigenvalue weighted by Crippen LogP contribution is -2.40. The summed E-state index contributed by atoms with van der Waals surface area (Å²) >= 11 is 0. The zero-order valence-electron chi connectivity index (χ0n) is 8.48. The zero-order valence-corrected chi connectivity index (χ0v) is 8.48. The normalized spacial score (nSPS) is 18.6. The van der Waals surface area contributed by atoms with Crippen LogP contribution in [0, 0.1) is 6.92 Å². The maximum atomic E-state index is 5.83. The molecule has 4 heteroatoms. The Bertz CT molecular complexity index is 287. The van der Waals surface area contributed by atoms with Crippen molar-refractivity contribution in [1.29, 1.82) is 0 Å². The molecule has 1 aromatic rings. The molecule has 1 aliphatic rings. The number of piperidine rings is 1. The van der Waals surface area contributed by atoms with E-state index in [-0.39, 0.29) is 0 Å². The lowest BCUT2D eigenvalue weighted by atomic mass is 10.1. The minimum atomic E-state index is 0.358. The van der Waals surface area contributed by atoms with Crippen molar-refractivity contribution < 1.29 is 0 Å². The highest BCUT2D eigenvalue weighted by Gasteiger charge is 2.17. The Hall–Kier alpha value is -1.16. The van der Waals surface area contributed by atoms with Gasteiger partial charge in [0.2, 0.25) is 5.95 Å². The van der Waals surface area contributed by atoms with Gasteiger partial charge < -0.3 is 10.6 Å². The molecule has 0 atom stereocenters. The van der Waals surface area contributed by atoms with Crippen molar-refractivity contribution >= 4 is 5.95 Å². The molecule has 2 N–H and O–H groups in total. The predicted molar refractivity (Wildman–Crippen MR) is 56.2 cm³/mol. The van der Waals surface area contributed by atoms with Gasteiger partial charge in [-0.3, -0.25) is 0 Å². The third-order valence-corrected chi connectivity index (χ3v) is 2.59. The van der Waals surface area contributed by atoms with Gasteiger partial charge >= 0.3 is 0 Å². The van der Waals surface area contributed by atoms with Crippen LogP contribution in [0.3, 0.4) is 0 Å². The maximum Gasteiger partial charge on any atom is 0.225 e. The quantitative estimate of drug-likeness (QED) is 0.712. The molecule has 4 nitrogen and oxygen atoms in total. The minimum absolute atomic E-state index is 0.358. The molecule has 0 radical (unpaired) electrons. The summed E-state index contributed by atoms with van der Waals surface area (Å²) in [4.78, 5) is 10.8. The lowest BCUT2D eigenvalue weighted by Gasteiger charge is -2.29. The molecule has 2 rings (SSSR count). The number of anilines is 1. The van der Waals surface area contributed by atoms with E-state index in [0.717, 1.165) is 37.4 Å². The molecule has 0 spiro atoms. The van der Waals surface area contributed by atoms with E-state index in [9.17, 15) is 0 Å². The van der Waals surface area contributed by atoms with Crippen molar-refractivity contribution in [3.63, 3.8) is 0 Å². The first-order chi connectivity index (χ1) is 6.75. The molecule has 1 aliphatic heterocycles. The van der Waals surface area contributed by atoms with Crippen LogP contribution in [0.5, 0.6) is 0 Å². The summed E-state index contributed by atoms with van der Waals surface area (Å²) in [6, 6.07) is 0.358. The Morgan fingerprint density at radius 2 is 1.86 bits per heavy atom. The van der Waals surface area contributed by atoms with Crippen molar-refractivity contribution in [3.05, 3.63) is 18.0 Å². The fraction of sp³-hybridized carbons (Fsp3) is 0.600. The fourth-order valence-corrected chi connectivity index (χ4v) is 1.65. The summed E-state index contributed by atoms with van der Waals surface area (Å²) in [6.45, 7) is 3.95. The topological polar surface area (TPSA) is 55.0 Å². The first-order valence-corrected chi connectivity index (χ1v) is 5.05. The Balaban J connectivity index is 2.05. The van der Waals surface area contributed by atoms with Crippen molar-refractivity contribution in [3.8, 4) is 0 Å². The first-order valence-electron chi connectivity index (χ1n) is 5.05. The number of hydrogen-bond acceptors (Lipinski definition) is 4. The summed E-state index contributed by atoms with van der Waals surface area (Å²) in [5.41, 5.74) is 6.93. The molecule has 1 aromatic heterocycles. The number of aromatic nitrogens is 2. The van der Waals surface area contributed by atoms with E-state index in [0.29, 0.717) is 6.04 Å². The van der Waals surface area contributed by atoms with Crippen molar-refractivity contribution in [2.45, 2.75) is 25.8 Å². The lowest BCUT2D eigenvalue weighted by molar-refractivity contribution is 0.495. The molecule has 0 amide bonds. The zero-order chi connectivity index (χ0) is 9.97. The van der Waals surface area contributed by atoms with Gasteiger partial charge in [-0.05, 0) is 25.3 Å². The molecule has 0 saturated carbocycles. The Morgan fingerprint density at radius 3 is 2.43 bits per heavy atom. The molecular formula is C10H16N4. The van der Waals surface area contributed by atoms with Crippen LogP contribution < -0.4 is 10.6 Å². The smallest absolute Gasteiger partial charge is 0.225 e. The van der Waals surface area contributed by atoms with Crippen molar-refractivity contribution in [1.82, 2.24) is 9.97 Å². The van der Waals surface area contributed by atoms with E-state index in [1.54, 1.807) is 0 Å². The molecule has 76 valence electrons. The molecule has 0 aliphatic carbocycles. The third-order valence-electron chi connectivity index (χ3n) is 2.59. The van der Waals surface area contributed by atoms with Gasteiger partial charge in [0.25, 0.3) is 0 Å². The highest BCUT2D eigenvalue weighted by molar-refractivity contribution is 5.30. The molecule has 2 heterocycles. The van der Waals surface area contributed by atoms with Gasteiger partial charge in [-0.2, -0.15) is 0 Å². The van der Waals surface area contributed by atoms with Gasteiger partial charge in [-0.25, -0.2) is 9.97 Å². The number of rotatable bonds is 1. The van der Waals surface area contributed by atoms with Crippen LogP contribution in [-0.2, 0) is 0 Å². The first kappa shape index (κ1) is 9.40. The van der Waals surface area contributed by atoms with Crippen LogP contribution >= 0.6 is 0 Å². The van der Waals surface area contributed by atoms with E-state index < -0.39 is 0 Å². The highest BCUT2D eigenvalue weighted by Crippen LogP contribution is 2.14. The SMILES string of the molecule is Cc1cnc(N2CCC(N)CC2)nc1. The van der Waals surface area contributed by atoms with Gasteiger partial charge in [0.1, 0.15) is 0 Å². The second kappa shape index (κ2) is 3.92. The van der Waals surface area contributed by atoms with Gasteiger partial charge in [0, 0.05) is 31.5 Å². The average Bonchev–Trinajstić information content (AvgIpc) is 2.21. The number of nitrogens with two attached hydrogens (primary N) is 1. The Kier molecular flexibility index (Phi) is 2.63. The van der Waals surface area contributed by atoms with E-state index in [4.69, 9.17) is 5.73 Å². The van der Waals surface area contributed by atoms with Crippen LogP contribution in [0.25, 0.3) is 0 Å². The largest absolute Gasteiger partial charge is 0.341 e. The molecule has 0 unspecified atom stereocenters. The minimum Gasteiger partial charge on any atom is -0.341 e. The molecular weight excluding hydrogens is 176 g/mol. The van der Waals surface area contributed by atoms with Gasteiger partial charge in [0.05, 0.1) is 0 Å². The summed E-state index contributed by atoms with van der Waals surface area (Å²) in [6.07, 6.45) is 5.79. The van der Waals surface area contributed by atoms with Gasteiger partial charge in [-0.1, -0.05) is 0 Å². The van der Waals surface area contributed by atoms with Gasteiger partial charge in [0.15, 0.2) is 0 Å². The molecule has 1 fully saturated rings. The van der Waals surface area contributed by atoms with Crippen LogP contribution in [0.2, 0.25) is 0 Å². The Labute approximate surface area is 84.2 Å². The van der Waals surface area contributed by atoms with E-state index in [1.807, 2.05) is 19.3 Å². The molecule has 14 heavy (non-hydrogen) atoms. The van der Waals surface area contributed by atoms with Crippen LogP contribution in [0.15, 0.2) is 12.4 Å². The van der Waals surface area contributed by atoms with Crippen molar-refractivity contribution in [2.24, 2.45) is 5.73 Å². The molecule has 1 saturated heterocycles. The highest BCUT2D eigenvalue weighted by atomic mass is 15.2. The standard InChI is InChI=1S/C10H16N4/c1-8-6-12-10(13-7-8)14-4-2-9(11)3-5-14/h6-7,9H,2-5,11H2,1H3. The van der Waals surface area contributed by atoms with Crippen molar-refractivity contribution in [2.75, 3.05) is 18.0 Å². The monoisotopic (exact) mass is 192 g/mol. The second-order valence-corrected chi connectivity index (χ2v) is 3.88. The third kappa shape index (κ3) is 2.01. The van der Waals surface area contributed by atoms with E-state index >= 15 is 0 Å². The van der Waals surface area contributed by atoms with E-state index in [1.165, 1.54) is 0 Å². The number of hydrogen-bond donors (Lipinski definition) is 1. The summed E-state index contributed by atoms with van der Waals surface area (Å²) in [7, 11) is 0. The summed E-state index contributed by atoms with van der Waals surface area (Å²) < 4.78 is 0. The van der Waals surface area contributed by atoms with Crippen LogP contribution in [-0.4, -0.2) is 29.1 Å². The Morgan fingerprint density at radius 1 is 1.29 bits per heavy atom.